The lowest BCUT2D eigenvalue weighted by Crippen LogP contribution is -2.47. The van der Waals surface area contributed by atoms with Gasteiger partial charge in [-0.05, 0) is 65.9 Å². The molecule has 0 radical (unpaired) electrons. The van der Waals surface area contributed by atoms with E-state index in [-0.39, 0.29) is 18.2 Å². The molecule has 3 aromatic carbocycles. The SMILES string of the molecule is CCCCc1ccc(N2CSC3=C(C#N)[C@@H](c4ccc(OCc5ccc(Cl)cc5)cc4)CC(=O)N3C2)cc1. The zero-order chi connectivity index (χ0) is 26.5. The van der Waals surface area contributed by atoms with Gasteiger partial charge in [0.05, 0.1) is 29.2 Å². The third kappa shape index (κ3) is 5.85. The third-order valence-electron chi connectivity index (χ3n) is 7.02. The lowest BCUT2D eigenvalue weighted by molar-refractivity contribution is -0.129. The first-order valence-electron chi connectivity index (χ1n) is 12.9. The molecule has 1 amide bonds. The quantitative estimate of drug-likeness (QED) is 0.295. The summed E-state index contributed by atoms with van der Waals surface area (Å²) >= 11 is 7.52. The van der Waals surface area contributed by atoms with E-state index in [1.807, 2.05) is 48.5 Å². The van der Waals surface area contributed by atoms with Crippen molar-refractivity contribution in [2.75, 3.05) is 17.4 Å². The molecule has 0 aliphatic carbocycles. The first kappa shape index (κ1) is 26.2. The van der Waals surface area contributed by atoms with Crippen LogP contribution >= 0.6 is 23.4 Å². The number of allylic oxidation sites excluding steroid dienone is 1. The molecule has 2 aliphatic rings. The summed E-state index contributed by atoms with van der Waals surface area (Å²) in [5.74, 6) is 1.23. The van der Waals surface area contributed by atoms with Crippen LogP contribution in [-0.4, -0.2) is 23.4 Å². The molecule has 194 valence electrons. The van der Waals surface area contributed by atoms with Gasteiger partial charge in [-0.3, -0.25) is 9.69 Å². The number of hydrogen-bond donors (Lipinski definition) is 0. The highest BCUT2D eigenvalue weighted by Gasteiger charge is 2.38. The minimum atomic E-state index is -0.249. The lowest BCUT2D eigenvalue weighted by Gasteiger charge is -2.42. The molecular formula is C31H30ClN3O2S. The van der Waals surface area contributed by atoms with Crippen molar-refractivity contribution in [1.82, 2.24) is 4.90 Å². The van der Waals surface area contributed by atoms with E-state index < -0.39 is 0 Å². The predicted molar refractivity (Wildman–Crippen MR) is 154 cm³/mol. The van der Waals surface area contributed by atoms with Gasteiger partial charge < -0.3 is 9.64 Å². The van der Waals surface area contributed by atoms with Gasteiger partial charge >= 0.3 is 0 Å². The van der Waals surface area contributed by atoms with Crippen LogP contribution in [0.15, 0.2) is 83.4 Å². The second-order valence-electron chi connectivity index (χ2n) is 9.62. The minimum absolute atomic E-state index is 0.0452. The average Bonchev–Trinajstić information content (AvgIpc) is 2.96. The predicted octanol–water partition coefficient (Wildman–Crippen LogP) is 7.48. The Kier molecular flexibility index (Phi) is 8.26. The van der Waals surface area contributed by atoms with Crippen LogP contribution in [-0.2, 0) is 17.8 Å². The van der Waals surface area contributed by atoms with Crippen LogP contribution in [0.4, 0.5) is 5.69 Å². The summed E-state index contributed by atoms with van der Waals surface area (Å²) < 4.78 is 5.91. The minimum Gasteiger partial charge on any atom is -0.489 e. The van der Waals surface area contributed by atoms with E-state index in [1.54, 1.807) is 16.7 Å². The van der Waals surface area contributed by atoms with Gasteiger partial charge in [-0.2, -0.15) is 5.26 Å². The number of nitriles is 1. The number of ether oxygens (including phenoxy) is 1. The summed E-state index contributed by atoms with van der Waals surface area (Å²) in [6.45, 7) is 3.11. The summed E-state index contributed by atoms with van der Waals surface area (Å²) in [4.78, 5) is 17.2. The maximum Gasteiger partial charge on any atom is 0.229 e. The van der Waals surface area contributed by atoms with Crippen LogP contribution in [0, 0.1) is 11.3 Å². The van der Waals surface area contributed by atoms with Crippen LogP contribution in [0.2, 0.25) is 5.02 Å². The van der Waals surface area contributed by atoms with Gasteiger partial charge in [0.1, 0.15) is 12.4 Å². The maximum absolute atomic E-state index is 13.3. The van der Waals surface area contributed by atoms with Crippen molar-refractivity contribution >= 4 is 35.0 Å². The average molecular weight is 544 g/mol. The Balaban J connectivity index is 1.28. The molecule has 1 saturated heterocycles. The molecule has 0 aromatic heterocycles. The molecular weight excluding hydrogens is 514 g/mol. The highest BCUT2D eigenvalue weighted by Crippen LogP contribution is 2.43. The van der Waals surface area contributed by atoms with E-state index in [0.29, 0.717) is 29.7 Å². The monoisotopic (exact) mass is 543 g/mol. The van der Waals surface area contributed by atoms with Gasteiger partial charge in [0.25, 0.3) is 0 Å². The fraction of sp³-hybridized carbons (Fsp3) is 0.290. The van der Waals surface area contributed by atoms with E-state index in [9.17, 15) is 10.1 Å². The van der Waals surface area contributed by atoms with E-state index >= 15 is 0 Å². The van der Waals surface area contributed by atoms with Crippen LogP contribution in [0.3, 0.4) is 0 Å². The third-order valence-corrected chi connectivity index (χ3v) is 8.42. The van der Waals surface area contributed by atoms with Gasteiger partial charge in [0.2, 0.25) is 5.91 Å². The highest BCUT2D eigenvalue weighted by atomic mass is 35.5. The molecule has 5 nitrogen and oxygen atoms in total. The molecule has 38 heavy (non-hydrogen) atoms. The summed E-state index contributed by atoms with van der Waals surface area (Å²) in [5, 5.41) is 11.6. The zero-order valence-electron chi connectivity index (χ0n) is 21.4. The Morgan fingerprint density at radius 2 is 1.74 bits per heavy atom. The van der Waals surface area contributed by atoms with Gasteiger partial charge in [-0.1, -0.05) is 73.1 Å². The van der Waals surface area contributed by atoms with E-state index in [4.69, 9.17) is 16.3 Å². The topological polar surface area (TPSA) is 56.6 Å². The molecule has 0 N–H and O–H groups in total. The normalized spacial score (nSPS) is 17.3. The number of halogens is 1. The van der Waals surface area contributed by atoms with Crippen molar-refractivity contribution < 1.29 is 9.53 Å². The number of carbonyl (C=O) groups is 1. The first-order chi connectivity index (χ1) is 18.6. The number of nitrogens with zero attached hydrogens (tertiary/aromatic N) is 3. The number of rotatable bonds is 8. The Bertz CT molecular complexity index is 1350. The molecule has 5 rings (SSSR count). The van der Waals surface area contributed by atoms with Crippen LogP contribution in [0.25, 0.3) is 0 Å². The number of hydrogen-bond acceptors (Lipinski definition) is 5. The van der Waals surface area contributed by atoms with E-state index in [1.165, 1.54) is 18.4 Å². The van der Waals surface area contributed by atoms with Crippen molar-refractivity contribution in [2.45, 2.75) is 45.1 Å². The molecule has 7 heteroatoms. The molecule has 2 heterocycles. The molecule has 0 unspecified atom stereocenters. The fourth-order valence-electron chi connectivity index (χ4n) is 4.81. The van der Waals surface area contributed by atoms with Crippen molar-refractivity contribution in [3.8, 4) is 11.8 Å². The molecule has 0 spiro atoms. The van der Waals surface area contributed by atoms with Crippen LogP contribution in [0.5, 0.6) is 5.75 Å². The first-order valence-corrected chi connectivity index (χ1v) is 14.3. The largest absolute Gasteiger partial charge is 0.489 e. The van der Waals surface area contributed by atoms with Crippen molar-refractivity contribution in [1.29, 1.82) is 5.26 Å². The standard InChI is InChI=1S/C31H30ClN3O2S/c1-2-3-4-22-7-13-26(14-8-22)34-20-35-30(36)17-28(29(18-33)31(35)38-21-34)24-9-15-27(16-10-24)37-19-23-5-11-25(32)12-6-23/h5-16,28H,2-4,17,19-21H2,1H3/t28-/m1/s1. The van der Waals surface area contributed by atoms with E-state index in [2.05, 4.69) is 42.2 Å². The van der Waals surface area contributed by atoms with Gasteiger partial charge in [0.15, 0.2) is 0 Å². The molecule has 1 atom stereocenters. The second-order valence-corrected chi connectivity index (χ2v) is 11.0. The number of anilines is 1. The Morgan fingerprint density at radius 1 is 1.03 bits per heavy atom. The lowest BCUT2D eigenvalue weighted by atomic mass is 9.86. The summed E-state index contributed by atoms with van der Waals surface area (Å²) in [6.07, 6.45) is 3.74. The Hall–Kier alpha value is -3.40. The molecule has 0 saturated carbocycles. The number of fused-ring (bicyclic) bond motifs is 1. The molecule has 0 bridgehead atoms. The summed E-state index contributed by atoms with van der Waals surface area (Å²) in [6, 6.07) is 26.4. The number of unbranched alkanes of at least 4 members (excludes halogenated alkanes) is 1. The van der Waals surface area contributed by atoms with E-state index in [0.717, 1.165) is 34.0 Å². The summed E-state index contributed by atoms with van der Waals surface area (Å²) in [5.41, 5.74) is 5.08. The second kappa shape index (κ2) is 12.0. The molecule has 3 aromatic rings. The number of amides is 1. The Morgan fingerprint density at radius 3 is 2.42 bits per heavy atom. The number of thioether (sulfide) groups is 1. The summed E-state index contributed by atoms with van der Waals surface area (Å²) in [7, 11) is 0. The van der Waals surface area contributed by atoms with Crippen LogP contribution in [0.1, 0.15) is 48.8 Å². The van der Waals surface area contributed by atoms with Crippen LogP contribution < -0.4 is 9.64 Å². The number of benzene rings is 3. The Labute approximate surface area is 233 Å². The molecule has 1 fully saturated rings. The van der Waals surface area contributed by atoms with Crippen molar-refractivity contribution in [3.63, 3.8) is 0 Å². The van der Waals surface area contributed by atoms with Gasteiger partial charge in [0, 0.05) is 23.0 Å². The smallest absolute Gasteiger partial charge is 0.229 e. The van der Waals surface area contributed by atoms with Crippen molar-refractivity contribution in [3.05, 3.63) is 105 Å². The maximum atomic E-state index is 13.3. The fourth-order valence-corrected chi connectivity index (χ4v) is 6.10. The zero-order valence-corrected chi connectivity index (χ0v) is 23.0. The highest BCUT2D eigenvalue weighted by molar-refractivity contribution is 8.03. The number of aryl methyl sites for hydroxylation is 1. The molecule has 2 aliphatic heterocycles. The van der Waals surface area contributed by atoms with Gasteiger partial charge in [-0.25, -0.2) is 0 Å². The van der Waals surface area contributed by atoms with Crippen molar-refractivity contribution in [2.24, 2.45) is 0 Å². The van der Waals surface area contributed by atoms with Gasteiger partial charge in [-0.15, -0.1) is 0 Å². The number of carbonyl (C=O) groups excluding carboxylic acids is 1.